The quantitative estimate of drug-likeness (QED) is 0.815. The maximum absolute atomic E-state index is 11.2. The van der Waals surface area contributed by atoms with Crippen molar-refractivity contribution in [3.63, 3.8) is 0 Å². The molecule has 7 heteroatoms. The molecule has 134 valence electrons. The molecule has 1 aromatic rings. The molecule has 1 amide bonds. The molecule has 1 heterocycles. The average Bonchev–Trinajstić information content (AvgIpc) is 2.48. The van der Waals surface area contributed by atoms with Crippen molar-refractivity contribution in [3.8, 4) is 5.75 Å². The molecule has 1 aliphatic heterocycles. The number of benzene rings is 1. The van der Waals surface area contributed by atoms with Gasteiger partial charge in [0.1, 0.15) is 0 Å². The Morgan fingerprint density at radius 1 is 1.29 bits per heavy atom. The monoisotopic (exact) mass is 354 g/mol. The van der Waals surface area contributed by atoms with E-state index >= 15 is 0 Å². The van der Waals surface area contributed by atoms with Crippen molar-refractivity contribution in [1.29, 1.82) is 0 Å². The van der Waals surface area contributed by atoms with Crippen LogP contribution in [0.2, 0.25) is 5.02 Å². The van der Waals surface area contributed by atoms with Gasteiger partial charge >= 0.3 is 6.09 Å². The molecule has 1 aliphatic rings. The van der Waals surface area contributed by atoms with E-state index in [4.69, 9.17) is 27.8 Å². The molecule has 0 radical (unpaired) electrons. The molecule has 0 saturated carbocycles. The number of primary amides is 1. The van der Waals surface area contributed by atoms with Gasteiger partial charge in [0.25, 0.3) is 0 Å². The van der Waals surface area contributed by atoms with Crippen molar-refractivity contribution in [1.82, 2.24) is 4.90 Å². The summed E-state index contributed by atoms with van der Waals surface area (Å²) in [5, 5.41) is 0.613. The summed E-state index contributed by atoms with van der Waals surface area (Å²) in [6.07, 6.45) is -0.884. The van der Waals surface area contributed by atoms with Crippen LogP contribution in [-0.4, -0.2) is 43.7 Å². The van der Waals surface area contributed by atoms with E-state index in [9.17, 15) is 4.79 Å². The normalized spacial score (nSPS) is 16.3. The van der Waals surface area contributed by atoms with E-state index in [0.717, 1.165) is 44.0 Å². The Labute approximate surface area is 148 Å². The number of halogens is 1. The first-order chi connectivity index (χ1) is 11.1. The predicted octanol–water partition coefficient (Wildman–Crippen LogP) is 2.82. The Balaban J connectivity index is 2.49. The molecule has 1 saturated heterocycles. The van der Waals surface area contributed by atoms with Gasteiger partial charge in [-0.05, 0) is 12.0 Å². The van der Waals surface area contributed by atoms with E-state index in [0.29, 0.717) is 10.7 Å². The topological polar surface area (TPSA) is 84.8 Å². The second kappa shape index (κ2) is 7.07. The number of nitrogens with two attached hydrogens (primary N) is 2. The molecular formula is C17H27ClN4O2. The van der Waals surface area contributed by atoms with Gasteiger partial charge in [-0.25, -0.2) is 4.79 Å². The van der Waals surface area contributed by atoms with Crippen molar-refractivity contribution >= 4 is 29.1 Å². The van der Waals surface area contributed by atoms with Crippen LogP contribution in [0.4, 0.5) is 16.2 Å². The van der Waals surface area contributed by atoms with E-state index in [2.05, 4.69) is 16.7 Å². The first-order valence-electron chi connectivity index (χ1n) is 8.22. The lowest BCUT2D eigenvalue weighted by Gasteiger charge is -2.37. The number of carbonyl (C=O) groups excluding carboxylic acids is 1. The molecule has 6 nitrogen and oxygen atoms in total. The van der Waals surface area contributed by atoms with Crippen molar-refractivity contribution in [3.05, 3.63) is 16.7 Å². The van der Waals surface area contributed by atoms with Gasteiger partial charge < -0.3 is 26.0 Å². The zero-order valence-corrected chi connectivity index (χ0v) is 15.6. The third-order valence-electron chi connectivity index (χ3n) is 4.37. The molecule has 0 atom stereocenters. The Morgan fingerprint density at radius 2 is 1.88 bits per heavy atom. The number of ether oxygens (including phenoxy) is 1. The SMILES string of the molecule is CCN1CCN(c2cc(OC(N)=O)c(N)c(C(C)(C)C)c2Cl)CC1. The fourth-order valence-electron chi connectivity index (χ4n) is 3.10. The van der Waals surface area contributed by atoms with Gasteiger partial charge in [0.05, 0.1) is 16.4 Å². The van der Waals surface area contributed by atoms with Gasteiger partial charge in [0, 0.05) is 37.8 Å². The van der Waals surface area contributed by atoms with Gasteiger partial charge in [0.2, 0.25) is 0 Å². The molecule has 0 spiro atoms. The highest BCUT2D eigenvalue weighted by atomic mass is 35.5. The number of hydrogen-bond donors (Lipinski definition) is 2. The lowest BCUT2D eigenvalue weighted by Crippen LogP contribution is -2.46. The molecule has 0 bridgehead atoms. The molecule has 0 unspecified atom stereocenters. The van der Waals surface area contributed by atoms with E-state index in [1.807, 2.05) is 20.8 Å². The predicted molar refractivity (Wildman–Crippen MR) is 99.1 cm³/mol. The zero-order valence-electron chi connectivity index (χ0n) is 14.9. The molecule has 4 N–H and O–H groups in total. The van der Waals surface area contributed by atoms with Crippen LogP contribution in [-0.2, 0) is 5.41 Å². The highest BCUT2D eigenvalue weighted by Gasteiger charge is 2.29. The number of nitrogen functional groups attached to an aromatic ring is 1. The lowest BCUT2D eigenvalue weighted by atomic mass is 9.85. The third-order valence-corrected chi connectivity index (χ3v) is 4.75. The van der Waals surface area contributed by atoms with Gasteiger partial charge in [-0.2, -0.15) is 0 Å². The molecule has 0 aliphatic carbocycles. The number of rotatable bonds is 3. The lowest BCUT2D eigenvalue weighted by molar-refractivity contribution is 0.211. The number of nitrogens with zero attached hydrogens (tertiary/aromatic N) is 2. The van der Waals surface area contributed by atoms with Gasteiger partial charge in [-0.3, -0.25) is 0 Å². The smallest absolute Gasteiger partial charge is 0.408 e. The summed E-state index contributed by atoms with van der Waals surface area (Å²) in [7, 11) is 0. The van der Waals surface area contributed by atoms with Crippen molar-refractivity contribution in [2.75, 3.05) is 43.4 Å². The number of anilines is 2. The Hall–Kier alpha value is -1.66. The second-order valence-corrected chi connectivity index (χ2v) is 7.47. The van der Waals surface area contributed by atoms with E-state index in [1.165, 1.54) is 0 Å². The van der Waals surface area contributed by atoms with E-state index < -0.39 is 6.09 Å². The van der Waals surface area contributed by atoms with Crippen LogP contribution in [0.25, 0.3) is 0 Å². The Kier molecular flexibility index (Phi) is 5.50. The molecule has 1 fully saturated rings. The number of hydrogen-bond acceptors (Lipinski definition) is 5. The van der Waals surface area contributed by atoms with Crippen LogP contribution < -0.4 is 21.1 Å². The highest BCUT2D eigenvalue weighted by molar-refractivity contribution is 6.34. The third kappa shape index (κ3) is 3.87. The van der Waals surface area contributed by atoms with Crippen LogP contribution in [0.3, 0.4) is 0 Å². The summed E-state index contributed by atoms with van der Waals surface area (Å²) in [6.45, 7) is 12.9. The number of amides is 1. The van der Waals surface area contributed by atoms with Crippen molar-refractivity contribution in [2.24, 2.45) is 5.73 Å². The van der Waals surface area contributed by atoms with Gasteiger partial charge in [0.15, 0.2) is 5.75 Å². The number of piperazine rings is 1. The van der Waals surface area contributed by atoms with Gasteiger partial charge in [-0.1, -0.05) is 39.3 Å². The fraction of sp³-hybridized carbons (Fsp3) is 0.588. The van der Waals surface area contributed by atoms with Crippen LogP contribution >= 0.6 is 11.6 Å². The molecule has 24 heavy (non-hydrogen) atoms. The Bertz CT molecular complexity index is 620. The summed E-state index contributed by atoms with van der Waals surface area (Å²) >= 11 is 6.70. The molecule has 1 aromatic carbocycles. The zero-order chi connectivity index (χ0) is 18.1. The molecular weight excluding hydrogens is 328 g/mol. The van der Waals surface area contributed by atoms with Crippen LogP contribution in [0, 0.1) is 0 Å². The Morgan fingerprint density at radius 3 is 2.33 bits per heavy atom. The van der Waals surface area contributed by atoms with Gasteiger partial charge in [-0.15, -0.1) is 0 Å². The van der Waals surface area contributed by atoms with E-state index in [-0.39, 0.29) is 11.2 Å². The van der Waals surface area contributed by atoms with E-state index in [1.54, 1.807) is 6.07 Å². The summed E-state index contributed by atoms with van der Waals surface area (Å²) < 4.78 is 5.13. The fourth-order valence-corrected chi connectivity index (χ4v) is 3.66. The summed E-state index contributed by atoms with van der Waals surface area (Å²) in [5.74, 6) is 0.268. The summed E-state index contributed by atoms with van der Waals surface area (Å²) in [5.41, 5.74) is 13.1. The summed E-state index contributed by atoms with van der Waals surface area (Å²) in [4.78, 5) is 15.8. The first kappa shape index (κ1) is 18.7. The van der Waals surface area contributed by atoms with Crippen LogP contribution in [0.15, 0.2) is 6.07 Å². The minimum Gasteiger partial charge on any atom is -0.408 e. The summed E-state index contributed by atoms with van der Waals surface area (Å²) in [6, 6.07) is 1.72. The number of carbonyl (C=O) groups is 1. The minimum atomic E-state index is -0.884. The molecule has 0 aromatic heterocycles. The first-order valence-corrected chi connectivity index (χ1v) is 8.60. The van der Waals surface area contributed by atoms with Crippen LogP contribution in [0.1, 0.15) is 33.3 Å². The minimum absolute atomic E-state index is 0.268. The standard InChI is InChI=1S/C17H27ClN4O2/c1-5-21-6-8-22(9-7-21)11-10-12(24-16(20)23)15(19)13(14(11)18)17(2,3)4/h10H,5-9,19H2,1-4H3,(H2,20,23). The maximum Gasteiger partial charge on any atom is 0.410 e. The largest absolute Gasteiger partial charge is 0.410 e. The van der Waals surface area contributed by atoms with Crippen molar-refractivity contribution in [2.45, 2.75) is 33.1 Å². The second-order valence-electron chi connectivity index (χ2n) is 7.09. The maximum atomic E-state index is 11.2. The molecule has 2 rings (SSSR count). The highest BCUT2D eigenvalue weighted by Crippen LogP contribution is 2.45. The number of likely N-dealkylation sites (N-methyl/N-ethyl adjacent to an activating group) is 1. The van der Waals surface area contributed by atoms with Crippen molar-refractivity contribution < 1.29 is 9.53 Å². The average molecular weight is 355 g/mol. The van der Waals surface area contributed by atoms with Crippen LogP contribution in [0.5, 0.6) is 5.75 Å².